The van der Waals surface area contributed by atoms with Gasteiger partial charge in [-0.2, -0.15) is 0 Å². The molecule has 0 bridgehead atoms. The van der Waals surface area contributed by atoms with Crippen LogP contribution in [0, 0.1) is 5.41 Å². The molecule has 1 aromatic heterocycles. The summed E-state index contributed by atoms with van der Waals surface area (Å²) in [5, 5.41) is 2.95. The molecule has 1 heterocycles. The molecule has 2 aliphatic rings. The summed E-state index contributed by atoms with van der Waals surface area (Å²) in [6, 6.07) is 5.52. The van der Waals surface area contributed by atoms with Crippen LogP contribution in [-0.2, 0) is 9.53 Å². The Morgan fingerprint density at radius 1 is 1.44 bits per heavy atom. The SMILES string of the molecule is CCOC1CC(N)(C(=O)Nc2ccc3oc(C4CC4)nc3c2)C1(C)C. The maximum Gasteiger partial charge on any atom is 0.245 e. The van der Waals surface area contributed by atoms with Crippen molar-refractivity contribution >= 4 is 22.7 Å². The van der Waals surface area contributed by atoms with Gasteiger partial charge in [-0.3, -0.25) is 4.79 Å². The fourth-order valence-corrected chi connectivity index (χ4v) is 3.59. The zero-order chi connectivity index (χ0) is 17.8. The van der Waals surface area contributed by atoms with Gasteiger partial charge >= 0.3 is 0 Å². The molecule has 4 rings (SSSR count). The van der Waals surface area contributed by atoms with Crippen LogP contribution < -0.4 is 11.1 Å². The van der Waals surface area contributed by atoms with Crippen LogP contribution in [0.1, 0.15) is 51.8 Å². The summed E-state index contributed by atoms with van der Waals surface area (Å²) in [5.74, 6) is 1.08. The number of amides is 1. The Kier molecular flexibility index (Phi) is 3.67. The van der Waals surface area contributed by atoms with Crippen LogP contribution in [-0.4, -0.2) is 29.1 Å². The van der Waals surface area contributed by atoms with Crippen molar-refractivity contribution < 1.29 is 13.9 Å². The van der Waals surface area contributed by atoms with Crippen molar-refractivity contribution in [3.8, 4) is 0 Å². The van der Waals surface area contributed by atoms with E-state index in [-0.39, 0.29) is 12.0 Å². The molecule has 2 fully saturated rings. The normalized spacial score (nSPS) is 27.9. The first-order valence-electron chi connectivity index (χ1n) is 8.97. The van der Waals surface area contributed by atoms with Gasteiger partial charge < -0.3 is 20.2 Å². The van der Waals surface area contributed by atoms with E-state index < -0.39 is 11.0 Å². The number of fused-ring (bicyclic) bond motifs is 1. The summed E-state index contributed by atoms with van der Waals surface area (Å²) in [6.45, 7) is 6.55. The summed E-state index contributed by atoms with van der Waals surface area (Å²) < 4.78 is 11.5. The Balaban J connectivity index is 1.51. The van der Waals surface area contributed by atoms with Gasteiger partial charge in [0.25, 0.3) is 0 Å². The Hall–Kier alpha value is -1.92. The quantitative estimate of drug-likeness (QED) is 0.870. The summed E-state index contributed by atoms with van der Waals surface area (Å²) in [6.07, 6.45) is 2.81. The van der Waals surface area contributed by atoms with E-state index in [1.807, 2.05) is 39.0 Å². The van der Waals surface area contributed by atoms with Gasteiger partial charge in [-0.15, -0.1) is 0 Å². The summed E-state index contributed by atoms with van der Waals surface area (Å²) >= 11 is 0. The van der Waals surface area contributed by atoms with Crippen LogP contribution in [0.3, 0.4) is 0 Å². The number of hydrogen-bond donors (Lipinski definition) is 2. The van der Waals surface area contributed by atoms with Crippen LogP contribution >= 0.6 is 0 Å². The average molecular weight is 343 g/mol. The number of carbonyl (C=O) groups is 1. The molecule has 25 heavy (non-hydrogen) atoms. The number of carbonyl (C=O) groups excluding carboxylic acids is 1. The van der Waals surface area contributed by atoms with Gasteiger partial charge in [0.1, 0.15) is 11.1 Å². The van der Waals surface area contributed by atoms with Crippen molar-refractivity contribution in [3.63, 3.8) is 0 Å². The highest BCUT2D eigenvalue weighted by atomic mass is 16.5. The molecule has 2 aromatic rings. The van der Waals surface area contributed by atoms with E-state index in [2.05, 4.69) is 10.3 Å². The standard InChI is InChI=1S/C19H25N3O3/c1-4-24-15-10-19(20,18(15,2)3)17(23)21-12-7-8-14-13(9-12)22-16(25-14)11-5-6-11/h7-9,11,15H,4-6,10,20H2,1-3H3,(H,21,23). The second-order valence-electron chi connectivity index (χ2n) is 7.80. The molecule has 6 heteroatoms. The van der Waals surface area contributed by atoms with Crippen molar-refractivity contribution in [1.82, 2.24) is 4.98 Å². The van der Waals surface area contributed by atoms with E-state index in [4.69, 9.17) is 14.9 Å². The molecule has 0 spiro atoms. The van der Waals surface area contributed by atoms with Crippen molar-refractivity contribution in [2.24, 2.45) is 11.1 Å². The van der Waals surface area contributed by atoms with Crippen LogP contribution in [0.15, 0.2) is 22.6 Å². The van der Waals surface area contributed by atoms with Gasteiger partial charge in [0.05, 0.1) is 6.10 Å². The van der Waals surface area contributed by atoms with Crippen LogP contribution in [0.25, 0.3) is 11.1 Å². The second kappa shape index (κ2) is 5.54. The molecule has 1 aromatic carbocycles. The van der Waals surface area contributed by atoms with E-state index in [0.717, 1.165) is 29.8 Å². The molecule has 0 radical (unpaired) electrons. The molecule has 0 saturated heterocycles. The molecule has 3 N–H and O–H groups in total. The molecule has 0 aliphatic heterocycles. The third kappa shape index (κ3) is 2.55. The van der Waals surface area contributed by atoms with Crippen LogP contribution in [0.2, 0.25) is 0 Å². The third-order valence-corrected chi connectivity index (χ3v) is 5.82. The molecule has 2 saturated carbocycles. The van der Waals surface area contributed by atoms with E-state index >= 15 is 0 Å². The number of nitrogens with two attached hydrogens (primary N) is 1. The molecule has 1 amide bonds. The zero-order valence-corrected chi connectivity index (χ0v) is 15.0. The molecular formula is C19H25N3O3. The number of ether oxygens (including phenoxy) is 1. The lowest BCUT2D eigenvalue weighted by atomic mass is 9.54. The Morgan fingerprint density at radius 2 is 2.20 bits per heavy atom. The Labute approximate surface area is 147 Å². The van der Waals surface area contributed by atoms with Gasteiger partial charge in [-0.25, -0.2) is 4.98 Å². The first-order chi connectivity index (χ1) is 11.8. The molecular weight excluding hydrogens is 318 g/mol. The molecule has 2 aliphatic carbocycles. The lowest BCUT2D eigenvalue weighted by molar-refractivity contribution is -0.166. The second-order valence-corrected chi connectivity index (χ2v) is 7.80. The van der Waals surface area contributed by atoms with Gasteiger partial charge in [0.2, 0.25) is 5.91 Å². The number of anilines is 1. The zero-order valence-electron chi connectivity index (χ0n) is 15.0. The Morgan fingerprint density at radius 3 is 2.84 bits per heavy atom. The summed E-state index contributed by atoms with van der Waals surface area (Å²) in [4.78, 5) is 17.3. The summed E-state index contributed by atoms with van der Waals surface area (Å²) in [7, 11) is 0. The summed E-state index contributed by atoms with van der Waals surface area (Å²) in [5.41, 5.74) is 7.29. The van der Waals surface area contributed by atoms with E-state index in [1.165, 1.54) is 0 Å². The predicted octanol–water partition coefficient (Wildman–Crippen LogP) is 3.18. The molecule has 134 valence electrons. The number of oxazole rings is 1. The van der Waals surface area contributed by atoms with Gasteiger partial charge in [0.15, 0.2) is 11.5 Å². The molecule has 2 atom stereocenters. The largest absolute Gasteiger partial charge is 0.440 e. The van der Waals surface area contributed by atoms with Crippen molar-refractivity contribution in [2.45, 2.75) is 57.6 Å². The predicted molar refractivity (Wildman–Crippen MR) is 95.3 cm³/mol. The maximum absolute atomic E-state index is 12.8. The maximum atomic E-state index is 12.8. The van der Waals surface area contributed by atoms with Gasteiger partial charge in [-0.1, -0.05) is 13.8 Å². The fourth-order valence-electron chi connectivity index (χ4n) is 3.59. The van der Waals surface area contributed by atoms with E-state index in [9.17, 15) is 4.79 Å². The highest BCUT2D eigenvalue weighted by Crippen LogP contribution is 2.50. The lowest BCUT2D eigenvalue weighted by Gasteiger charge is -2.57. The minimum absolute atomic E-state index is 0.00682. The monoisotopic (exact) mass is 343 g/mol. The highest BCUT2D eigenvalue weighted by molar-refractivity contribution is 6.00. The van der Waals surface area contributed by atoms with Crippen LogP contribution in [0.4, 0.5) is 5.69 Å². The number of nitrogens with one attached hydrogen (secondary N) is 1. The highest BCUT2D eigenvalue weighted by Gasteiger charge is 2.62. The topological polar surface area (TPSA) is 90.4 Å². The van der Waals surface area contributed by atoms with Crippen molar-refractivity contribution in [2.75, 3.05) is 11.9 Å². The smallest absolute Gasteiger partial charge is 0.245 e. The number of rotatable bonds is 5. The number of aromatic nitrogens is 1. The minimum atomic E-state index is -0.940. The lowest BCUT2D eigenvalue weighted by Crippen LogP contribution is -2.74. The first kappa shape index (κ1) is 16.5. The number of hydrogen-bond acceptors (Lipinski definition) is 5. The molecule has 2 unspecified atom stereocenters. The van der Waals surface area contributed by atoms with Crippen molar-refractivity contribution in [3.05, 3.63) is 24.1 Å². The fraction of sp³-hybridized carbons (Fsp3) is 0.579. The van der Waals surface area contributed by atoms with Crippen molar-refractivity contribution in [1.29, 1.82) is 0 Å². The average Bonchev–Trinajstić information content (AvgIpc) is 3.34. The first-order valence-corrected chi connectivity index (χ1v) is 8.97. The Bertz CT molecular complexity index is 824. The van der Waals surface area contributed by atoms with E-state index in [1.54, 1.807) is 0 Å². The van der Waals surface area contributed by atoms with Crippen LogP contribution in [0.5, 0.6) is 0 Å². The minimum Gasteiger partial charge on any atom is -0.440 e. The number of nitrogens with zero attached hydrogens (tertiary/aromatic N) is 1. The third-order valence-electron chi connectivity index (χ3n) is 5.82. The van der Waals surface area contributed by atoms with E-state index in [0.29, 0.717) is 24.6 Å². The van der Waals surface area contributed by atoms with Gasteiger partial charge in [0, 0.05) is 30.0 Å². The number of benzene rings is 1. The molecule has 6 nitrogen and oxygen atoms in total. The van der Waals surface area contributed by atoms with Gasteiger partial charge in [-0.05, 0) is 38.0 Å².